The van der Waals surface area contributed by atoms with Crippen LogP contribution in [0.4, 0.5) is 11.4 Å². The molecule has 0 heterocycles. The van der Waals surface area contributed by atoms with Gasteiger partial charge in [0.15, 0.2) is 11.5 Å². The van der Waals surface area contributed by atoms with Crippen LogP contribution in [0.2, 0.25) is 0 Å². The first-order chi connectivity index (χ1) is 13.3. The molecule has 29 heavy (non-hydrogen) atoms. The minimum Gasteiger partial charge on any atom is -0.453 e. The van der Waals surface area contributed by atoms with E-state index in [0.717, 1.165) is 24.3 Å². The second-order valence-corrected chi connectivity index (χ2v) is 10.8. The predicted molar refractivity (Wildman–Crippen MR) is 108 cm³/mol. The lowest BCUT2D eigenvalue weighted by Crippen LogP contribution is -2.10. The normalized spacial score (nSPS) is 11.6. The third-order valence-electron chi connectivity index (χ3n) is 3.31. The molecule has 0 spiro atoms. The van der Waals surface area contributed by atoms with Crippen molar-refractivity contribution >= 4 is 62.7 Å². The molecule has 2 N–H and O–H groups in total. The van der Waals surface area contributed by atoms with Crippen LogP contribution in [0.1, 0.15) is 13.8 Å². The van der Waals surface area contributed by atoms with Crippen LogP contribution >= 0.6 is 21.4 Å². The third-order valence-corrected chi connectivity index (χ3v) is 6.01. The van der Waals surface area contributed by atoms with Gasteiger partial charge in [0.2, 0.25) is 11.8 Å². The average Bonchev–Trinajstić information content (AvgIpc) is 2.55. The summed E-state index contributed by atoms with van der Waals surface area (Å²) in [7, 11) is 2.51. The van der Waals surface area contributed by atoms with E-state index in [1.165, 1.54) is 26.0 Å². The second kappa shape index (κ2) is 8.57. The van der Waals surface area contributed by atoms with Crippen molar-refractivity contribution in [3.63, 3.8) is 0 Å². The minimum absolute atomic E-state index is 0.0114. The van der Waals surface area contributed by atoms with E-state index < -0.39 is 29.9 Å². The molecule has 0 saturated heterocycles. The molecule has 2 amide bonds. The Morgan fingerprint density at radius 1 is 0.759 bits per heavy atom. The van der Waals surface area contributed by atoms with Crippen LogP contribution < -0.4 is 15.4 Å². The second-order valence-electron chi connectivity index (χ2n) is 5.66. The molecular formula is C16H14Cl2N2O7S2. The van der Waals surface area contributed by atoms with Gasteiger partial charge in [-0.3, -0.25) is 9.59 Å². The summed E-state index contributed by atoms with van der Waals surface area (Å²) < 4.78 is 51.8. The first-order valence-corrected chi connectivity index (χ1v) is 12.3. The summed E-state index contributed by atoms with van der Waals surface area (Å²) in [5, 5.41) is 4.82. The zero-order valence-electron chi connectivity index (χ0n) is 14.9. The fraction of sp³-hybridized carbons (Fsp3) is 0.125. The van der Waals surface area contributed by atoms with Crippen LogP contribution in [-0.2, 0) is 27.7 Å². The number of hydrogen-bond acceptors (Lipinski definition) is 7. The molecule has 0 radical (unpaired) electrons. The summed E-state index contributed by atoms with van der Waals surface area (Å²) >= 11 is 0. The maximum Gasteiger partial charge on any atom is 0.261 e. The number of amides is 2. The Bertz CT molecular complexity index is 1100. The van der Waals surface area contributed by atoms with Crippen LogP contribution in [0, 0.1) is 0 Å². The lowest BCUT2D eigenvalue weighted by molar-refractivity contribution is -0.115. The first kappa shape index (κ1) is 22.9. The van der Waals surface area contributed by atoms with Crippen molar-refractivity contribution in [2.45, 2.75) is 23.6 Å². The highest BCUT2D eigenvalue weighted by atomic mass is 35.7. The standard InChI is InChI=1S/C16H14Cl2N2O7S2/c1-9(21)19-13-7-11(28(17,23)24)3-5-15(13)27-16-6-4-12(29(18,25)26)8-14(16)20-10(2)22/h3-8H,1-2H3,(H,19,21)(H,20,22). The summed E-state index contributed by atoms with van der Waals surface area (Å²) in [5.74, 6) is -0.996. The van der Waals surface area contributed by atoms with Gasteiger partial charge in [0.1, 0.15) is 0 Å². The zero-order chi connectivity index (χ0) is 22.0. The van der Waals surface area contributed by atoms with E-state index >= 15 is 0 Å². The number of rotatable bonds is 6. The van der Waals surface area contributed by atoms with Gasteiger partial charge in [-0.25, -0.2) is 16.8 Å². The molecule has 0 saturated carbocycles. The summed E-state index contributed by atoms with van der Waals surface area (Å²) in [5.41, 5.74) is -0.0240. The lowest BCUT2D eigenvalue weighted by Gasteiger charge is -2.16. The van der Waals surface area contributed by atoms with Crippen molar-refractivity contribution in [3.05, 3.63) is 36.4 Å². The molecule has 0 fully saturated rings. The van der Waals surface area contributed by atoms with Crippen molar-refractivity contribution in [3.8, 4) is 11.5 Å². The Labute approximate surface area is 175 Å². The number of hydrogen-bond donors (Lipinski definition) is 2. The van der Waals surface area contributed by atoms with E-state index in [1.54, 1.807) is 0 Å². The number of anilines is 2. The smallest absolute Gasteiger partial charge is 0.261 e. The van der Waals surface area contributed by atoms with E-state index in [0.29, 0.717) is 0 Å². The van der Waals surface area contributed by atoms with E-state index in [2.05, 4.69) is 10.6 Å². The molecule has 2 rings (SSSR count). The van der Waals surface area contributed by atoms with Crippen LogP contribution in [0.3, 0.4) is 0 Å². The largest absolute Gasteiger partial charge is 0.453 e. The molecule has 13 heteroatoms. The van der Waals surface area contributed by atoms with Crippen molar-refractivity contribution in [2.75, 3.05) is 10.6 Å². The van der Waals surface area contributed by atoms with Crippen molar-refractivity contribution in [1.29, 1.82) is 0 Å². The topological polar surface area (TPSA) is 136 Å². The number of benzene rings is 2. The monoisotopic (exact) mass is 480 g/mol. The molecule has 0 aliphatic heterocycles. The minimum atomic E-state index is -4.07. The number of halogens is 2. The third kappa shape index (κ3) is 6.32. The number of carbonyl (C=O) groups is 2. The van der Waals surface area contributed by atoms with Crippen molar-refractivity contribution in [2.24, 2.45) is 0 Å². The van der Waals surface area contributed by atoms with Gasteiger partial charge in [-0.1, -0.05) is 0 Å². The van der Waals surface area contributed by atoms with Gasteiger partial charge < -0.3 is 15.4 Å². The Morgan fingerprint density at radius 3 is 1.38 bits per heavy atom. The molecule has 0 bridgehead atoms. The Hall–Kier alpha value is -2.34. The highest BCUT2D eigenvalue weighted by Crippen LogP contribution is 2.37. The maximum absolute atomic E-state index is 11.5. The molecule has 0 aliphatic rings. The summed E-state index contributed by atoms with van der Waals surface area (Å²) in [6, 6.07) is 6.97. The molecule has 0 atom stereocenters. The Balaban J connectivity index is 2.57. The number of carbonyl (C=O) groups excluding carboxylic acids is 2. The van der Waals surface area contributed by atoms with Gasteiger partial charge >= 0.3 is 0 Å². The van der Waals surface area contributed by atoms with E-state index in [4.69, 9.17) is 26.1 Å². The van der Waals surface area contributed by atoms with Gasteiger partial charge in [0.25, 0.3) is 18.1 Å². The number of nitrogens with one attached hydrogen (secondary N) is 2. The zero-order valence-corrected chi connectivity index (χ0v) is 18.0. The van der Waals surface area contributed by atoms with Crippen LogP contribution in [0.15, 0.2) is 46.2 Å². The van der Waals surface area contributed by atoms with Gasteiger partial charge in [-0.15, -0.1) is 0 Å². The molecule has 9 nitrogen and oxygen atoms in total. The van der Waals surface area contributed by atoms with Gasteiger partial charge in [0.05, 0.1) is 21.2 Å². The molecule has 0 aromatic heterocycles. The Kier molecular flexibility index (Phi) is 6.78. The summed E-state index contributed by atoms with van der Waals surface area (Å²) in [6.45, 7) is 2.41. The highest BCUT2D eigenvalue weighted by molar-refractivity contribution is 8.14. The lowest BCUT2D eigenvalue weighted by atomic mass is 10.2. The molecule has 0 aliphatic carbocycles. The predicted octanol–water partition coefficient (Wildman–Crippen LogP) is 3.25. The van der Waals surface area contributed by atoms with Crippen LogP contribution in [0.5, 0.6) is 11.5 Å². The van der Waals surface area contributed by atoms with Gasteiger partial charge in [0, 0.05) is 35.2 Å². The number of ether oxygens (including phenoxy) is 1. The van der Waals surface area contributed by atoms with E-state index in [1.807, 2.05) is 0 Å². The molecular weight excluding hydrogens is 467 g/mol. The highest BCUT2D eigenvalue weighted by Gasteiger charge is 2.18. The van der Waals surface area contributed by atoms with Gasteiger partial charge in [-0.05, 0) is 36.4 Å². The molecule has 2 aromatic rings. The van der Waals surface area contributed by atoms with E-state index in [-0.39, 0.29) is 32.7 Å². The molecule has 156 valence electrons. The first-order valence-electron chi connectivity index (χ1n) is 7.68. The quantitative estimate of drug-likeness (QED) is 0.605. The Morgan fingerprint density at radius 2 is 1.10 bits per heavy atom. The van der Waals surface area contributed by atoms with Crippen molar-refractivity contribution in [1.82, 2.24) is 0 Å². The maximum atomic E-state index is 11.5. The fourth-order valence-electron chi connectivity index (χ4n) is 2.19. The SMILES string of the molecule is CC(=O)Nc1cc(S(=O)(=O)Cl)ccc1Oc1ccc(S(=O)(=O)Cl)cc1NC(C)=O. The molecule has 0 unspecified atom stereocenters. The van der Waals surface area contributed by atoms with Crippen LogP contribution in [-0.4, -0.2) is 28.6 Å². The fourth-order valence-corrected chi connectivity index (χ4v) is 3.75. The van der Waals surface area contributed by atoms with Crippen LogP contribution in [0.25, 0.3) is 0 Å². The summed E-state index contributed by atoms with van der Waals surface area (Å²) in [6.07, 6.45) is 0. The summed E-state index contributed by atoms with van der Waals surface area (Å²) in [4.78, 5) is 22.4. The average molecular weight is 481 g/mol. The van der Waals surface area contributed by atoms with E-state index in [9.17, 15) is 26.4 Å². The van der Waals surface area contributed by atoms with Gasteiger partial charge in [-0.2, -0.15) is 0 Å². The van der Waals surface area contributed by atoms with Crippen molar-refractivity contribution < 1.29 is 31.2 Å². The molecule has 2 aromatic carbocycles.